The van der Waals surface area contributed by atoms with Crippen molar-refractivity contribution in [2.24, 2.45) is 0 Å². The molecule has 0 radical (unpaired) electrons. The maximum absolute atomic E-state index is 12.2. The first kappa shape index (κ1) is 13.7. The van der Waals surface area contributed by atoms with Gasteiger partial charge < -0.3 is 20.9 Å². The fourth-order valence-corrected chi connectivity index (χ4v) is 1.82. The first-order valence-corrected chi connectivity index (χ1v) is 6.23. The van der Waals surface area contributed by atoms with Gasteiger partial charge in [-0.1, -0.05) is 12.1 Å². The van der Waals surface area contributed by atoms with Crippen LogP contribution >= 0.6 is 0 Å². The van der Waals surface area contributed by atoms with Crippen molar-refractivity contribution in [1.82, 2.24) is 0 Å². The van der Waals surface area contributed by atoms with Gasteiger partial charge in [0.2, 0.25) is 0 Å². The molecule has 2 aromatic rings. The Balaban J connectivity index is 2.27. The van der Waals surface area contributed by atoms with Crippen molar-refractivity contribution in [2.75, 3.05) is 17.7 Å². The zero-order valence-corrected chi connectivity index (χ0v) is 11.1. The summed E-state index contributed by atoms with van der Waals surface area (Å²) >= 11 is 0. The summed E-state index contributed by atoms with van der Waals surface area (Å²) in [6, 6.07) is 11.3. The summed E-state index contributed by atoms with van der Waals surface area (Å²) in [4.78, 5) is 12.2. The Kier molecular flexibility index (Phi) is 4.10. The van der Waals surface area contributed by atoms with Gasteiger partial charge in [-0.25, -0.2) is 0 Å². The van der Waals surface area contributed by atoms with Crippen molar-refractivity contribution in [3.8, 4) is 11.5 Å². The molecular weight excluding hydrogens is 256 g/mol. The largest absolute Gasteiger partial charge is 0.508 e. The molecule has 5 nitrogen and oxygen atoms in total. The van der Waals surface area contributed by atoms with Crippen LogP contribution in [0.4, 0.5) is 11.4 Å². The third-order valence-electron chi connectivity index (χ3n) is 2.68. The Hall–Kier alpha value is -2.69. The van der Waals surface area contributed by atoms with Gasteiger partial charge in [0.25, 0.3) is 5.91 Å². The second-order valence-electron chi connectivity index (χ2n) is 4.16. The number of carbonyl (C=O) groups excluding carboxylic acids is 1. The summed E-state index contributed by atoms with van der Waals surface area (Å²) < 4.78 is 5.42. The van der Waals surface area contributed by atoms with E-state index in [1.54, 1.807) is 30.3 Å². The van der Waals surface area contributed by atoms with Gasteiger partial charge in [-0.2, -0.15) is 0 Å². The van der Waals surface area contributed by atoms with E-state index in [4.69, 9.17) is 10.5 Å². The highest BCUT2D eigenvalue weighted by Crippen LogP contribution is 2.27. The van der Waals surface area contributed by atoms with Gasteiger partial charge in [-0.15, -0.1) is 0 Å². The molecule has 2 rings (SSSR count). The number of nitrogens with two attached hydrogens (primary N) is 1. The van der Waals surface area contributed by atoms with Gasteiger partial charge in [0.1, 0.15) is 5.75 Å². The topological polar surface area (TPSA) is 84.6 Å². The normalized spacial score (nSPS) is 10.1. The van der Waals surface area contributed by atoms with Crippen LogP contribution in [-0.4, -0.2) is 17.6 Å². The van der Waals surface area contributed by atoms with Gasteiger partial charge >= 0.3 is 0 Å². The molecular formula is C15H16N2O3. The number of ether oxygens (including phenoxy) is 1. The minimum Gasteiger partial charge on any atom is -0.508 e. The van der Waals surface area contributed by atoms with Gasteiger partial charge in [0.15, 0.2) is 5.75 Å². The second kappa shape index (κ2) is 5.97. The molecule has 0 saturated heterocycles. The number of phenolic OH excluding ortho intramolecular Hbond substituents is 1. The van der Waals surface area contributed by atoms with Crippen molar-refractivity contribution in [2.45, 2.75) is 6.92 Å². The Bertz CT molecular complexity index is 626. The number of phenols is 1. The molecule has 0 atom stereocenters. The molecule has 0 bridgehead atoms. The first-order valence-electron chi connectivity index (χ1n) is 6.23. The molecule has 0 spiro atoms. The lowest BCUT2D eigenvalue weighted by Crippen LogP contribution is -2.14. The monoisotopic (exact) mass is 272 g/mol. The number of nitrogens with one attached hydrogen (secondary N) is 1. The predicted octanol–water partition coefficient (Wildman–Crippen LogP) is 2.63. The average Bonchev–Trinajstić information content (AvgIpc) is 2.41. The molecule has 4 N–H and O–H groups in total. The summed E-state index contributed by atoms with van der Waals surface area (Å²) in [5.74, 6) is 0.111. The van der Waals surface area contributed by atoms with Crippen molar-refractivity contribution in [3.05, 3.63) is 48.0 Å². The Morgan fingerprint density at radius 1 is 1.30 bits per heavy atom. The maximum atomic E-state index is 12.2. The summed E-state index contributed by atoms with van der Waals surface area (Å²) in [6.45, 7) is 2.24. The van der Waals surface area contributed by atoms with Crippen LogP contribution in [0.15, 0.2) is 42.5 Å². The number of benzene rings is 2. The second-order valence-corrected chi connectivity index (χ2v) is 4.16. The molecule has 0 aliphatic carbocycles. The van der Waals surface area contributed by atoms with Crippen LogP contribution < -0.4 is 15.8 Å². The zero-order valence-electron chi connectivity index (χ0n) is 11.1. The molecule has 104 valence electrons. The summed E-state index contributed by atoms with van der Waals surface area (Å²) in [5.41, 5.74) is 7.09. The minimum atomic E-state index is -0.341. The fraction of sp³-hybridized carbons (Fsp3) is 0.133. The van der Waals surface area contributed by atoms with E-state index < -0.39 is 0 Å². The quantitative estimate of drug-likeness (QED) is 0.747. The van der Waals surface area contributed by atoms with Gasteiger partial charge in [0.05, 0.1) is 17.9 Å². The maximum Gasteiger partial charge on any atom is 0.259 e. The first-order chi connectivity index (χ1) is 9.61. The van der Waals surface area contributed by atoms with Crippen LogP contribution in [0, 0.1) is 0 Å². The Morgan fingerprint density at radius 3 is 2.75 bits per heavy atom. The molecule has 0 aromatic heterocycles. The van der Waals surface area contributed by atoms with Crippen molar-refractivity contribution >= 4 is 17.3 Å². The van der Waals surface area contributed by atoms with Gasteiger partial charge in [0, 0.05) is 11.8 Å². The van der Waals surface area contributed by atoms with E-state index in [0.717, 1.165) is 0 Å². The minimum absolute atomic E-state index is 0.0837. The lowest BCUT2D eigenvalue weighted by molar-refractivity contribution is 0.102. The van der Waals surface area contributed by atoms with Crippen LogP contribution in [0.2, 0.25) is 0 Å². The van der Waals surface area contributed by atoms with Crippen LogP contribution in [0.1, 0.15) is 17.3 Å². The molecule has 1 amide bonds. The summed E-state index contributed by atoms with van der Waals surface area (Å²) in [5, 5.41) is 12.1. The Morgan fingerprint density at radius 2 is 2.05 bits per heavy atom. The van der Waals surface area contributed by atoms with E-state index in [2.05, 4.69) is 5.32 Å². The number of amides is 1. The van der Waals surface area contributed by atoms with E-state index in [-0.39, 0.29) is 11.7 Å². The number of hydrogen-bond donors (Lipinski definition) is 3. The highest BCUT2D eigenvalue weighted by Gasteiger charge is 2.15. The van der Waals surface area contributed by atoms with Crippen molar-refractivity contribution in [1.29, 1.82) is 0 Å². The summed E-state index contributed by atoms with van der Waals surface area (Å²) in [7, 11) is 0. The third kappa shape index (κ3) is 3.00. The average molecular weight is 272 g/mol. The molecule has 2 aromatic carbocycles. The van der Waals surface area contributed by atoms with Crippen LogP contribution in [0.3, 0.4) is 0 Å². The van der Waals surface area contributed by atoms with E-state index in [9.17, 15) is 9.90 Å². The number of hydrogen-bond acceptors (Lipinski definition) is 4. The van der Waals surface area contributed by atoms with Crippen LogP contribution in [-0.2, 0) is 0 Å². The van der Waals surface area contributed by atoms with Crippen LogP contribution in [0.5, 0.6) is 11.5 Å². The number of anilines is 2. The molecule has 0 unspecified atom stereocenters. The SMILES string of the molecule is CCOc1c(N)cccc1C(=O)Nc1cccc(O)c1. The predicted molar refractivity (Wildman–Crippen MR) is 78.1 cm³/mol. The molecule has 0 aliphatic heterocycles. The standard InChI is InChI=1S/C15H16N2O3/c1-2-20-14-12(7-4-8-13(14)16)15(19)17-10-5-3-6-11(18)9-10/h3-9,18H,2,16H2,1H3,(H,17,19). The molecule has 0 saturated carbocycles. The van der Waals surface area contributed by atoms with Crippen molar-refractivity contribution < 1.29 is 14.6 Å². The van der Waals surface area contributed by atoms with E-state index in [1.807, 2.05) is 6.92 Å². The highest BCUT2D eigenvalue weighted by molar-refractivity contribution is 6.07. The number of nitrogen functional groups attached to an aromatic ring is 1. The van der Waals surface area contributed by atoms with E-state index >= 15 is 0 Å². The Labute approximate surface area is 117 Å². The molecule has 0 aliphatic rings. The smallest absolute Gasteiger partial charge is 0.259 e. The van der Waals surface area contributed by atoms with Gasteiger partial charge in [-0.05, 0) is 31.2 Å². The number of para-hydroxylation sites is 1. The van der Waals surface area contributed by atoms with E-state index in [1.165, 1.54) is 12.1 Å². The number of carbonyl (C=O) groups is 1. The number of rotatable bonds is 4. The fourth-order valence-electron chi connectivity index (χ4n) is 1.82. The zero-order chi connectivity index (χ0) is 14.5. The molecule has 5 heteroatoms. The molecule has 20 heavy (non-hydrogen) atoms. The van der Waals surface area contributed by atoms with Crippen LogP contribution in [0.25, 0.3) is 0 Å². The summed E-state index contributed by atoms with van der Waals surface area (Å²) in [6.07, 6.45) is 0. The lowest BCUT2D eigenvalue weighted by atomic mass is 10.1. The van der Waals surface area contributed by atoms with Crippen molar-refractivity contribution in [3.63, 3.8) is 0 Å². The molecule has 0 heterocycles. The lowest BCUT2D eigenvalue weighted by Gasteiger charge is -2.12. The highest BCUT2D eigenvalue weighted by atomic mass is 16.5. The van der Waals surface area contributed by atoms with E-state index in [0.29, 0.717) is 29.3 Å². The number of aromatic hydroxyl groups is 1. The third-order valence-corrected chi connectivity index (χ3v) is 2.68. The molecule has 0 fully saturated rings. The van der Waals surface area contributed by atoms with Gasteiger partial charge in [-0.3, -0.25) is 4.79 Å².